The molecule has 1 aliphatic rings. The van der Waals surface area contributed by atoms with E-state index in [4.69, 9.17) is 5.11 Å². The number of anilines is 1. The summed E-state index contributed by atoms with van der Waals surface area (Å²) in [5.41, 5.74) is 3.72. The third-order valence-electron chi connectivity index (χ3n) is 5.13. The van der Waals surface area contributed by atoms with Crippen molar-refractivity contribution in [3.63, 3.8) is 0 Å². The number of hydrogen-bond acceptors (Lipinski definition) is 4. The van der Waals surface area contributed by atoms with Crippen molar-refractivity contribution >= 4 is 34.1 Å². The molecule has 0 saturated carbocycles. The van der Waals surface area contributed by atoms with E-state index in [2.05, 4.69) is 17.6 Å². The van der Waals surface area contributed by atoms with Gasteiger partial charge in [-0.05, 0) is 43.2 Å². The van der Waals surface area contributed by atoms with Crippen molar-refractivity contribution in [2.24, 2.45) is 5.92 Å². The predicted octanol–water partition coefficient (Wildman–Crippen LogP) is 3.91. The largest absolute Gasteiger partial charge is 0.481 e. The van der Waals surface area contributed by atoms with Gasteiger partial charge in [-0.2, -0.15) is 0 Å². The Labute approximate surface area is 174 Å². The molecule has 3 rings (SSSR count). The molecular formula is C22H26N2O4S. The molecule has 0 fully saturated rings. The minimum Gasteiger partial charge on any atom is -0.481 e. The summed E-state index contributed by atoms with van der Waals surface area (Å²) >= 11 is 1.44. The maximum absolute atomic E-state index is 13.0. The first kappa shape index (κ1) is 21.0. The van der Waals surface area contributed by atoms with Crippen molar-refractivity contribution in [2.45, 2.75) is 52.5 Å². The van der Waals surface area contributed by atoms with E-state index in [1.807, 2.05) is 31.2 Å². The van der Waals surface area contributed by atoms with Crippen LogP contribution in [0, 0.1) is 12.8 Å². The summed E-state index contributed by atoms with van der Waals surface area (Å²) in [6.07, 6.45) is 2.37. The van der Waals surface area contributed by atoms with Gasteiger partial charge in [0.05, 0.1) is 12.0 Å². The summed E-state index contributed by atoms with van der Waals surface area (Å²) < 4.78 is 0. The third-order valence-corrected chi connectivity index (χ3v) is 6.30. The number of carboxylic acids is 1. The van der Waals surface area contributed by atoms with E-state index in [9.17, 15) is 14.4 Å². The predicted molar refractivity (Wildman–Crippen MR) is 113 cm³/mol. The number of nitrogens with one attached hydrogen (secondary N) is 2. The minimum absolute atomic E-state index is 0.112. The Morgan fingerprint density at radius 1 is 1.17 bits per heavy atom. The number of hydrogen-bond donors (Lipinski definition) is 3. The number of carbonyl (C=O) groups is 3. The molecule has 7 heteroatoms. The lowest BCUT2D eigenvalue weighted by molar-refractivity contribution is -0.138. The number of carboxylic acid groups (broad SMARTS) is 1. The summed E-state index contributed by atoms with van der Waals surface area (Å²) in [6, 6.07) is 7.97. The van der Waals surface area contributed by atoms with Crippen molar-refractivity contribution in [1.82, 2.24) is 5.32 Å². The number of carbonyl (C=O) groups excluding carboxylic acids is 2. The lowest BCUT2D eigenvalue weighted by atomic mass is 9.88. The fraction of sp³-hybridized carbons (Fsp3) is 0.409. The van der Waals surface area contributed by atoms with Crippen molar-refractivity contribution in [3.8, 4) is 0 Å². The van der Waals surface area contributed by atoms with Crippen LogP contribution in [0.1, 0.15) is 58.1 Å². The van der Waals surface area contributed by atoms with E-state index in [1.165, 1.54) is 11.3 Å². The van der Waals surface area contributed by atoms with E-state index < -0.39 is 5.97 Å². The van der Waals surface area contributed by atoms with Gasteiger partial charge in [-0.25, -0.2) is 0 Å². The van der Waals surface area contributed by atoms with E-state index in [0.717, 1.165) is 40.8 Å². The molecule has 0 unspecified atom stereocenters. The van der Waals surface area contributed by atoms with Crippen LogP contribution in [0.15, 0.2) is 24.3 Å². The molecule has 0 bridgehead atoms. The first-order chi connectivity index (χ1) is 13.8. The fourth-order valence-corrected chi connectivity index (χ4v) is 4.89. The second-order valence-corrected chi connectivity index (χ2v) is 8.77. The molecule has 1 atom stereocenters. The molecule has 1 heterocycles. The fourth-order valence-electron chi connectivity index (χ4n) is 3.47. The maximum Gasteiger partial charge on any atom is 0.303 e. The second-order valence-electron chi connectivity index (χ2n) is 7.67. The van der Waals surface area contributed by atoms with Crippen LogP contribution in [-0.2, 0) is 29.0 Å². The van der Waals surface area contributed by atoms with Crippen LogP contribution in [0.5, 0.6) is 0 Å². The minimum atomic E-state index is -1.02. The van der Waals surface area contributed by atoms with Crippen molar-refractivity contribution in [2.75, 3.05) is 5.32 Å². The van der Waals surface area contributed by atoms with Crippen LogP contribution < -0.4 is 10.6 Å². The maximum atomic E-state index is 13.0. The summed E-state index contributed by atoms with van der Waals surface area (Å²) in [7, 11) is 0. The van der Waals surface area contributed by atoms with Gasteiger partial charge in [-0.15, -0.1) is 11.3 Å². The van der Waals surface area contributed by atoms with Crippen LogP contribution in [0.4, 0.5) is 5.00 Å². The highest BCUT2D eigenvalue weighted by atomic mass is 32.1. The highest BCUT2D eigenvalue weighted by Crippen LogP contribution is 2.39. The second kappa shape index (κ2) is 9.22. The van der Waals surface area contributed by atoms with Gasteiger partial charge in [0.25, 0.3) is 5.91 Å². The molecule has 29 heavy (non-hydrogen) atoms. The SMILES string of the molecule is Cc1ccc(CNC(=O)c2c(NC(=O)CCC(=O)O)sc3c2CC[C@@H](C)C3)cc1. The zero-order valence-corrected chi connectivity index (χ0v) is 17.5. The average molecular weight is 415 g/mol. The number of rotatable bonds is 7. The molecule has 6 nitrogen and oxygen atoms in total. The summed E-state index contributed by atoms with van der Waals surface area (Å²) in [4.78, 5) is 37.1. The van der Waals surface area contributed by atoms with Gasteiger partial charge in [0.15, 0.2) is 0 Å². The van der Waals surface area contributed by atoms with Crippen LogP contribution in [0.3, 0.4) is 0 Å². The Morgan fingerprint density at radius 2 is 1.90 bits per heavy atom. The number of benzene rings is 1. The van der Waals surface area contributed by atoms with Gasteiger partial charge in [-0.1, -0.05) is 36.8 Å². The molecule has 1 aliphatic carbocycles. The number of aryl methyl sites for hydroxylation is 1. The van der Waals surface area contributed by atoms with Crippen LogP contribution in [0.25, 0.3) is 0 Å². The monoisotopic (exact) mass is 414 g/mol. The average Bonchev–Trinajstić information content (AvgIpc) is 3.02. The van der Waals surface area contributed by atoms with E-state index in [-0.39, 0.29) is 24.7 Å². The molecule has 0 spiro atoms. The lowest BCUT2D eigenvalue weighted by Gasteiger charge is -2.18. The van der Waals surface area contributed by atoms with Gasteiger partial charge < -0.3 is 15.7 Å². The van der Waals surface area contributed by atoms with Gasteiger partial charge in [-0.3, -0.25) is 14.4 Å². The molecular weight excluding hydrogens is 388 g/mol. The summed E-state index contributed by atoms with van der Waals surface area (Å²) in [5.74, 6) is -1.06. The van der Waals surface area contributed by atoms with Crippen LogP contribution >= 0.6 is 11.3 Å². The number of thiophene rings is 1. The topological polar surface area (TPSA) is 95.5 Å². The Kier molecular flexibility index (Phi) is 6.69. The highest BCUT2D eigenvalue weighted by Gasteiger charge is 2.28. The van der Waals surface area contributed by atoms with Gasteiger partial charge in [0.2, 0.25) is 5.91 Å². The Hall–Kier alpha value is -2.67. The Bertz CT molecular complexity index is 918. The highest BCUT2D eigenvalue weighted by molar-refractivity contribution is 7.17. The zero-order valence-electron chi connectivity index (χ0n) is 16.7. The quantitative estimate of drug-likeness (QED) is 0.640. The lowest BCUT2D eigenvalue weighted by Crippen LogP contribution is -2.26. The standard InChI is InChI=1S/C22H26N2O4S/c1-13-3-6-15(7-4-13)12-23-21(28)20-16-8-5-14(2)11-17(16)29-22(20)24-18(25)9-10-19(26)27/h3-4,6-7,14H,5,8-12H2,1-2H3,(H,23,28)(H,24,25)(H,26,27)/t14-/m1/s1. The van der Waals surface area contributed by atoms with Gasteiger partial charge in [0.1, 0.15) is 5.00 Å². The van der Waals surface area contributed by atoms with E-state index in [0.29, 0.717) is 23.0 Å². The van der Waals surface area contributed by atoms with Crippen LogP contribution in [0.2, 0.25) is 0 Å². The molecule has 1 aromatic carbocycles. The number of fused-ring (bicyclic) bond motifs is 1. The van der Waals surface area contributed by atoms with Crippen molar-refractivity contribution in [1.29, 1.82) is 0 Å². The number of amides is 2. The molecule has 1 aromatic heterocycles. The van der Waals surface area contributed by atoms with Gasteiger partial charge >= 0.3 is 5.97 Å². The summed E-state index contributed by atoms with van der Waals surface area (Å²) in [5, 5.41) is 15.1. The van der Waals surface area contributed by atoms with Crippen molar-refractivity contribution < 1.29 is 19.5 Å². The zero-order chi connectivity index (χ0) is 21.0. The Balaban J connectivity index is 1.79. The normalized spacial score (nSPS) is 15.4. The van der Waals surface area contributed by atoms with E-state index >= 15 is 0 Å². The smallest absolute Gasteiger partial charge is 0.303 e. The van der Waals surface area contributed by atoms with Gasteiger partial charge in [0, 0.05) is 17.8 Å². The molecule has 0 aliphatic heterocycles. The molecule has 2 aromatic rings. The first-order valence-corrected chi connectivity index (χ1v) is 10.6. The molecule has 3 N–H and O–H groups in total. The third kappa shape index (κ3) is 5.44. The first-order valence-electron chi connectivity index (χ1n) is 9.83. The Morgan fingerprint density at radius 3 is 2.59 bits per heavy atom. The summed E-state index contributed by atoms with van der Waals surface area (Å²) in [6.45, 7) is 4.61. The molecule has 2 amide bonds. The van der Waals surface area contributed by atoms with E-state index in [1.54, 1.807) is 0 Å². The number of aliphatic carboxylic acids is 1. The molecule has 154 valence electrons. The van der Waals surface area contributed by atoms with Crippen molar-refractivity contribution in [3.05, 3.63) is 51.4 Å². The molecule has 0 radical (unpaired) electrons. The molecule has 0 saturated heterocycles. The van der Waals surface area contributed by atoms with Crippen LogP contribution in [-0.4, -0.2) is 22.9 Å².